The second-order valence-electron chi connectivity index (χ2n) is 7.30. The monoisotopic (exact) mass is 403 g/mol. The molecule has 0 bridgehead atoms. The van der Waals surface area contributed by atoms with Crippen molar-refractivity contribution in [1.29, 1.82) is 0 Å². The first-order valence-corrected chi connectivity index (χ1v) is 11.2. The molecule has 0 unspecified atom stereocenters. The Bertz CT molecular complexity index is 928. The Hall–Kier alpha value is -2.37. The molecule has 2 aromatic carbocycles. The third kappa shape index (κ3) is 6.05. The third-order valence-electron chi connectivity index (χ3n) is 5.05. The number of nitrogens with zero attached hydrogens (tertiary/aromatic N) is 1. The van der Waals surface area contributed by atoms with E-state index in [4.69, 9.17) is 6.42 Å². The predicted molar refractivity (Wildman–Crippen MR) is 130 cm³/mol. The Morgan fingerprint density at radius 2 is 1.76 bits per heavy atom. The average Bonchev–Trinajstić information content (AvgIpc) is 2.74. The highest BCUT2D eigenvalue weighted by atomic mass is 32.2. The van der Waals surface area contributed by atoms with Crippen LogP contribution >= 0.6 is 11.8 Å². The van der Waals surface area contributed by atoms with Gasteiger partial charge in [0.05, 0.1) is 5.70 Å². The quantitative estimate of drug-likeness (QED) is 0.496. The van der Waals surface area contributed by atoms with E-state index in [1.165, 1.54) is 32.1 Å². The maximum Gasteiger partial charge on any atom is 0.0907 e. The molecule has 1 aliphatic heterocycles. The van der Waals surface area contributed by atoms with Gasteiger partial charge in [0.2, 0.25) is 0 Å². The van der Waals surface area contributed by atoms with E-state index in [0.717, 1.165) is 37.0 Å². The van der Waals surface area contributed by atoms with Crippen molar-refractivity contribution in [3.8, 4) is 12.3 Å². The van der Waals surface area contributed by atoms with Crippen molar-refractivity contribution in [3.63, 3.8) is 0 Å². The van der Waals surface area contributed by atoms with Gasteiger partial charge in [-0.2, -0.15) is 0 Å². The number of hydrogen-bond acceptors (Lipinski definition) is 2. The van der Waals surface area contributed by atoms with Gasteiger partial charge < -0.3 is 4.90 Å². The summed E-state index contributed by atoms with van der Waals surface area (Å²) in [6.45, 7) is 10.2. The molecule has 0 spiro atoms. The second-order valence-corrected chi connectivity index (χ2v) is 8.52. The van der Waals surface area contributed by atoms with Gasteiger partial charge in [0.15, 0.2) is 0 Å². The molecule has 0 aliphatic carbocycles. The lowest BCUT2D eigenvalue weighted by Crippen LogP contribution is -2.11. The van der Waals surface area contributed by atoms with E-state index in [-0.39, 0.29) is 0 Å². The van der Waals surface area contributed by atoms with Crippen LogP contribution in [0.5, 0.6) is 0 Å². The van der Waals surface area contributed by atoms with Crippen molar-refractivity contribution in [3.05, 3.63) is 81.9 Å². The first-order valence-electron chi connectivity index (χ1n) is 10.4. The lowest BCUT2D eigenvalue weighted by molar-refractivity contribution is 0.537. The Labute approximate surface area is 181 Å². The maximum atomic E-state index is 5.69. The minimum absolute atomic E-state index is 0.931. The predicted octanol–water partition coefficient (Wildman–Crippen LogP) is 6.98. The molecule has 0 amide bonds. The standard InChI is InChI=1S/C25H27NS.C2H6/c1-6-24(26(4)5)19(3)22-9-7-8-20(16-22)11-12-21-13-15-25-23(17-21)14-10-18(2)27-25;1-2/h1,7-9,13,15-17H,2,10-12,14H2,3-5H3;1-2H3/b24-19+;. The summed E-state index contributed by atoms with van der Waals surface area (Å²) in [4.78, 5) is 4.66. The highest BCUT2D eigenvalue weighted by molar-refractivity contribution is 8.03. The van der Waals surface area contributed by atoms with Crippen LogP contribution in [0, 0.1) is 12.3 Å². The Morgan fingerprint density at radius 3 is 2.41 bits per heavy atom. The molecule has 3 rings (SSSR count). The zero-order valence-corrected chi connectivity index (χ0v) is 19.3. The zero-order chi connectivity index (χ0) is 21.4. The summed E-state index contributed by atoms with van der Waals surface area (Å²) in [5, 5.41) is 0. The number of hydrogen-bond donors (Lipinski definition) is 0. The van der Waals surface area contributed by atoms with Crippen LogP contribution in [0.4, 0.5) is 0 Å². The first-order chi connectivity index (χ1) is 14.0. The van der Waals surface area contributed by atoms with Gasteiger partial charge in [-0.1, -0.05) is 74.5 Å². The van der Waals surface area contributed by atoms with Crippen LogP contribution in [0.1, 0.15) is 49.4 Å². The number of aryl methyl sites for hydroxylation is 3. The molecule has 0 aromatic heterocycles. The van der Waals surface area contributed by atoms with Gasteiger partial charge in [-0.25, -0.2) is 0 Å². The normalized spacial score (nSPS) is 13.4. The van der Waals surface area contributed by atoms with Crippen molar-refractivity contribution in [2.45, 2.75) is 51.3 Å². The molecular formula is C27H33NS. The molecule has 0 saturated carbocycles. The second kappa shape index (κ2) is 11.0. The van der Waals surface area contributed by atoms with Crippen molar-refractivity contribution < 1.29 is 0 Å². The largest absolute Gasteiger partial charge is 0.371 e. The fraction of sp³-hybridized carbons (Fsp3) is 0.333. The van der Waals surface area contributed by atoms with Crippen molar-refractivity contribution in [2.75, 3.05) is 14.1 Å². The van der Waals surface area contributed by atoms with Crippen LogP contribution in [0.15, 0.2) is 64.5 Å². The summed E-state index contributed by atoms with van der Waals surface area (Å²) in [5.41, 5.74) is 7.52. The van der Waals surface area contributed by atoms with Crippen LogP contribution in [0.25, 0.3) is 5.57 Å². The van der Waals surface area contributed by atoms with Crippen LogP contribution in [0.2, 0.25) is 0 Å². The molecule has 1 aliphatic rings. The molecule has 0 radical (unpaired) electrons. The average molecular weight is 404 g/mol. The molecule has 0 saturated heterocycles. The zero-order valence-electron chi connectivity index (χ0n) is 18.5. The van der Waals surface area contributed by atoms with Crippen LogP contribution < -0.4 is 0 Å². The fourth-order valence-corrected chi connectivity index (χ4v) is 4.47. The minimum Gasteiger partial charge on any atom is -0.371 e. The smallest absolute Gasteiger partial charge is 0.0907 e. The van der Waals surface area contributed by atoms with E-state index >= 15 is 0 Å². The lowest BCUT2D eigenvalue weighted by Gasteiger charge is -2.18. The summed E-state index contributed by atoms with van der Waals surface area (Å²) in [5.74, 6) is 2.81. The number of fused-ring (bicyclic) bond motifs is 1. The molecule has 29 heavy (non-hydrogen) atoms. The molecule has 2 aromatic rings. The third-order valence-corrected chi connectivity index (χ3v) is 6.16. The van der Waals surface area contributed by atoms with E-state index in [0.29, 0.717) is 0 Å². The van der Waals surface area contributed by atoms with E-state index < -0.39 is 0 Å². The lowest BCUT2D eigenvalue weighted by atomic mass is 9.97. The van der Waals surface area contributed by atoms with E-state index in [1.807, 2.05) is 44.6 Å². The van der Waals surface area contributed by atoms with Gasteiger partial charge in [-0.15, -0.1) is 6.42 Å². The number of terminal acetylenes is 1. The van der Waals surface area contributed by atoms with Crippen molar-refractivity contribution in [1.82, 2.24) is 4.90 Å². The van der Waals surface area contributed by atoms with Crippen LogP contribution in [-0.4, -0.2) is 19.0 Å². The first kappa shape index (κ1) is 22.9. The maximum absolute atomic E-state index is 5.69. The van der Waals surface area contributed by atoms with E-state index in [9.17, 15) is 0 Å². The summed E-state index contributed by atoms with van der Waals surface area (Å²) in [6, 6.07) is 15.7. The number of benzene rings is 2. The van der Waals surface area contributed by atoms with Crippen LogP contribution in [-0.2, 0) is 19.3 Å². The number of rotatable bonds is 5. The van der Waals surface area contributed by atoms with Gasteiger partial charge in [-0.05, 0) is 71.4 Å². The molecule has 1 nitrogen and oxygen atoms in total. The summed E-state index contributed by atoms with van der Waals surface area (Å²) >= 11 is 1.83. The van der Waals surface area contributed by atoms with Crippen molar-refractivity contribution in [2.24, 2.45) is 0 Å². The van der Waals surface area contributed by atoms with Gasteiger partial charge >= 0.3 is 0 Å². The Morgan fingerprint density at radius 1 is 1.07 bits per heavy atom. The molecule has 1 heterocycles. The van der Waals surface area contributed by atoms with Gasteiger partial charge in [0.1, 0.15) is 0 Å². The molecular weight excluding hydrogens is 370 g/mol. The number of thioether (sulfide) groups is 1. The number of allylic oxidation sites excluding steroid dienone is 3. The molecule has 0 N–H and O–H groups in total. The van der Waals surface area contributed by atoms with E-state index in [1.54, 1.807) is 0 Å². The van der Waals surface area contributed by atoms with Crippen molar-refractivity contribution >= 4 is 17.3 Å². The highest BCUT2D eigenvalue weighted by Crippen LogP contribution is 2.37. The summed E-state index contributed by atoms with van der Waals surface area (Å²) < 4.78 is 0. The highest BCUT2D eigenvalue weighted by Gasteiger charge is 2.13. The summed E-state index contributed by atoms with van der Waals surface area (Å²) in [6.07, 6.45) is 10.00. The molecule has 0 atom stereocenters. The molecule has 152 valence electrons. The Balaban J connectivity index is 0.00000145. The van der Waals surface area contributed by atoms with Gasteiger partial charge in [0, 0.05) is 19.0 Å². The van der Waals surface area contributed by atoms with Gasteiger partial charge in [0.25, 0.3) is 0 Å². The fourth-order valence-electron chi connectivity index (χ4n) is 3.52. The molecule has 2 heteroatoms. The molecule has 0 fully saturated rings. The van der Waals surface area contributed by atoms with Crippen LogP contribution in [0.3, 0.4) is 0 Å². The van der Waals surface area contributed by atoms with Gasteiger partial charge in [-0.3, -0.25) is 0 Å². The SMILES string of the molecule is C#C/C(=C(/C)c1cccc(CCc2ccc3c(c2)CCC(=C)S3)c1)N(C)C.CC. The summed E-state index contributed by atoms with van der Waals surface area (Å²) in [7, 11) is 3.98. The van der Waals surface area contributed by atoms with E-state index in [2.05, 4.69) is 61.9 Å². The topological polar surface area (TPSA) is 3.24 Å². The Kier molecular flexibility index (Phi) is 8.68. The minimum atomic E-state index is 0.931.